The SMILES string of the molecule is Cc1ccc(CN)c(=O)n1CC(=O)N(C)C1CC1. The fourth-order valence-electron chi connectivity index (χ4n) is 1.98. The summed E-state index contributed by atoms with van der Waals surface area (Å²) in [6, 6.07) is 3.92. The minimum absolute atomic E-state index is 0.0168. The average molecular weight is 249 g/mol. The van der Waals surface area contributed by atoms with Crippen molar-refractivity contribution in [2.24, 2.45) is 5.73 Å². The molecule has 0 aromatic carbocycles. The van der Waals surface area contributed by atoms with Gasteiger partial charge < -0.3 is 15.2 Å². The van der Waals surface area contributed by atoms with E-state index < -0.39 is 0 Å². The predicted molar refractivity (Wildman–Crippen MR) is 69.1 cm³/mol. The molecule has 5 heteroatoms. The average Bonchev–Trinajstić information content (AvgIpc) is 3.17. The highest BCUT2D eigenvalue weighted by Crippen LogP contribution is 2.25. The normalized spacial score (nSPS) is 14.6. The molecule has 0 spiro atoms. The van der Waals surface area contributed by atoms with Gasteiger partial charge in [0, 0.05) is 30.9 Å². The van der Waals surface area contributed by atoms with Gasteiger partial charge in [-0.25, -0.2) is 0 Å². The van der Waals surface area contributed by atoms with Crippen LogP contribution in [0.25, 0.3) is 0 Å². The number of carbonyl (C=O) groups is 1. The second-order valence-electron chi connectivity index (χ2n) is 4.83. The molecule has 5 nitrogen and oxygen atoms in total. The molecule has 1 heterocycles. The molecular weight excluding hydrogens is 230 g/mol. The van der Waals surface area contributed by atoms with E-state index in [1.807, 2.05) is 13.0 Å². The Hall–Kier alpha value is -1.62. The lowest BCUT2D eigenvalue weighted by Gasteiger charge is -2.18. The number of aryl methyl sites for hydroxylation is 1. The third-order valence-electron chi connectivity index (χ3n) is 3.47. The fourth-order valence-corrected chi connectivity index (χ4v) is 1.98. The van der Waals surface area contributed by atoms with Gasteiger partial charge >= 0.3 is 0 Å². The third-order valence-corrected chi connectivity index (χ3v) is 3.47. The maximum Gasteiger partial charge on any atom is 0.255 e. The first-order valence-corrected chi connectivity index (χ1v) is 6.19. The van der Waals surface area contributed by atoms with Crippen molar-refractivity contribution < 1.29 is 4.79 Å². The summed E-state index contributed by atoms with van der Waals surface area (Å²) in [4.78, 5) is 25.8. The highest BCUT2D eigenvalue weighted by Gasteiger charge is 2.29. The van der Waals surface area contributed by atoms with E-state index in [4.69, 9.17) is 5.73 Å². The van der Waals surface area contributed by atoms with Gasteiger partial charge in [-0.1, -0.05) is 6.07 Å². The molecule has 2 N–H and O–H groups in total. The number of likely N-dealkylation sites (N-methyl/N-ethyl adjacent to an activating group) is 1. The van der Waals surface area contributed by atoms with Crippen molar-refractivity contribution in [2.75, 3.05) is 7.05 Å². The number of amides is 1. The van der Waals surface area contributed by atoms with Gasteiger partial charge in [-0.2, -0.15) is 0 Å². The van der Waals surface area contributed by atoms with Crippen molar-refractivity contribution in [3.8, 4) is 0 Å². The van der Waals surface area contributed by atoms with Crippen molar-refractivity contribution >= 4 is 5.91 Å². The maximum atomic E-state index is 12.1. The maximum absolute atomic E-state index is 12.1. The number of carbonyl (C=O) groups excluding carboxylic acids is 1. The van der Waals surface area contributed by atoms with Crippen molar-refractivity contribution in [2.45, 2.75) is 38.9 Å². The van der Waals surface area contributed by atoms with E-state index in [0.29, 0.717) is 11.6 Å². The number of pyridine rings is 1. The second-order valence-corrected chi connectivity index (χ2v) is 4.83. The molecule has 1 saturated carbocycles. The summed E-state index contributed by atoms with van der Waals surface area (Å²) in [6.07, 6.45) is 2.14. The zero-order valence-electron chi connectivity index (χ0n) is 10.8. The Labute approximate surface area is 106 Å². The molecule has 1 fully saturated rings. The zero-order valence-corrected chi connectivity index (χ0v) is 10.8. The predicted octanol–water partition coefficient (Wildman–Crippen LogP) is 0.236. The fraction of sp³-hybridized carbons (Fsp3) is 0.538. The van der Waals surface area contributed by atoms with Gasteiger partial charge in [0.15, 0.2) is 0 Å². The summed E-state index contributed by atoms with van der Waals surface area (Å²) in [6.45, 7) is 2.13. The van der Waals surface area contributed by atoms with Gasteiger partial charge in [-0.3, -0.25) is 9.59 Å². The first-order chi connectivity index (χ1) is 8.54. The van der Waals surface area contributed by atoms with Gasteiger partial charge in [0.25, 0.3) is 5.56 Å². The number of hydrogen-bond donors (Lipinski definition) is 1. The molecule has 1 aliphatic carbocycles. The Morgan fingerprint density at radius 2 is 2.17 bits per heavy atom. The third kappa shape index (κ3) is 2.46. The van der Waals surface area contributed by atoms with Crippen molar-refractivity contribution in [3.05, 3.63) is 33.7 Å². The second kappa shape index (κ2) is 4.94. The van der Waals surface area contributed by atoms with E-state index >= 15 is 0 Å². The van der Waals surface area contributed by atoms with Crippen LogP contribution in [-0.2, 0) is 17.9 Å². The smallest absolute Gasteiger partial charge is 0.255 e. The largest absolute Gasteiger partial charge is 0.341 e. The van der Waals surface area contributed by atoms with Gasteiger partial charge in [-0.15, -0.1) is 0 Å². The molecule has 2 rings (SSSR count). The summed E-state index contributed by atoms with van der Waals surface area (Å²) < 4.78 is 1.50. The van der Waals surface area contributed by atoms with Crippen LogP contribution >= 0.6 is 0 Å². The lowest BCUT2D eigenvalue weighted by molar-refractivity contribution is -0.131. The lowest BCUT2D eigenvalue weighted by Crippen LogP contribution is -2.37. The molecule has 0 aliphatic heterocycles. The van der Waals surface area contributed by atoms with E-state index in [1.54, 1.807) is 18.0 Å². The summed E-state index contributed by atoms with van der Waals surface area (Å²) in [7, 11) is 1.80. The monoisotopic (exact) mass is 249 g/mol. The van der Waals surface area contributed by atoms with Crippen LogP contribution in [0.1, 0.15) is 24.1 Å². The highest BCUT2D eigenvalue weighted by atomic mass is 16.2. The molecule has 1 aromatic heterocycles. The van der Waals surface area contributed by atoms with Crippen LogP contribution in [0.15, 0.2) is 16.9 Å². The molecule has 0 saturated heterocycles. The topological polar surface area (TPSA) is 68.3 Å². The Balaban J connectivity index is 2.22. The summed E-state index contributed by atoms with van der Waals surface area (Å²) in [5.74, 6) is -0.0168. The first kappa shape index (κ1) is 12.8. The molecule has 0 bridgehead atoms. The number of rotatable bonds is 4. The Bertz CT molecular complexity index is 517. The number of hydrogen-bond acceptors (Lipinski definition) is 3. The van der Waals surface area contributed by atoms with E-state index in [2.05, 4.69) is 0 Å². The van der Waals surface area contributed by atoms with E-state index in [9.17, 15) is 9.59 Å². The van der Waals surface area contributed by atoms with Crippen molar-refractivity contribution in [1.82, 2.24) is 9.47 Å². The van der Waals surface area contributed by atoms with E-state index in [0.717, 1.165) is 18.5 Å². The first-order valence-electron chi connectivity index (χ1n) is 6.19. The van der Waals surface area contributed by atoms with Crippen LogP contribution < -0.4 is 11.3 Å². The Morgan fingerprint density at radius 1 is 1.50 bits per heavy atom. The number of nitrogens with two attached hydrogens (primary N) is 1. The minimum atomic E-state index is -0.157. The molecule has 0 radical (unpaired) electrons. The molecule has 1 aliphatic rings. The van der Waals surface area contributed by atoms with Crippen LogP contribution in [0.3, 0.4) is 0 Å². The Kier molecular flexibility index (Phi) is 3.52. The molecular formula is C13H19N3O2. The van der Waals surface area contributed by atoms with Gasteiger partial charge in [0.2, 0.25) is 5.91 Å². The van der Waals surface area contributed by atoms with Crippen LogP contribution in [0.5, 0.6) is 0 Å². The van der Waals surface area contributed by atoms with Gasteiger partial charge in [0.1, 0.15) is 6.54 Å². The molecule has 98 valence electrons. The number of nitrogens with zero attached hydrogens (tertiary/aromatic N) is 2. The van der Waals surface area contributed by atoms with E-state index in [-0.39, 0.29) is 24.6 Å². The zero-order chi connectivity index (χ0) is 13.3. The highest BCUT2D eigenvalue weighted by molar-refractivity contribution is 5.76. The van der Waals surface area contributed by atoms with Crippen LogP contribution in [0.2, 0.25) is 0 Å². The summed E-state index contributed by atoms with van der Waals surface area (Å²) in [5, 5.41) is 0. The summed E-state index contributed by atoms with van der Waals surface area (Å²) in [5.41, 5.74) is 6.68. The molecule has 18 heavy (non-hydrogen) atoms. The molecule has 0 unspecified atom stereocenters. The Morgan fingerprint density at radius 3 is 2.72 bits per heavy atom. The standard InChI is InChI=1S/C13H19N3O2/c1-9-3-4-10(7-14)13(18)16(9)8-12(17)15(2)11-5-6-11/h3-4,11H,5-8,14H2,1-2H3. The number of aromatic nitrogens is 1. The molecule has 1 aromatic rings. The van der Waals surface area contributed by atoms with Gasteiger partial charge in [-0.05, 0) is 25.8 Å². The lowest BCUT2D eigenvalue weighted by atomic mass is 10.2. The molecule has 1 amide bonds. The quantitative estimate of drug-likeness (QED) is 0.831. The van der Waals surface area contributed by atoms with Crippen LogP contribution in [-0.4, -0.2) is 28.5 Å². The minimum Gasteiger partial charge on any atom is -0.341 e. The summed E-state index contributed by atoms with van der Waals surface area (Å²) >= 11 is 0. The van der Waals surface area contributed by atoms with Crippen LogP contribution in [0.4, 0.5) is 0 Å². The van der Waals surface area contributed by atoms with Crippen molar-refractivity contribution in [3.63, 3.8) is 0 Å². The van der Waals surface area contributed by atoms with Crippen LogP contribution in [0, 0.1) is 6.92 Å². The molecule has 0 atom stereocenters. The van der Waals surface area contributed by atoms with Crippen molar-refractivity contribution in [1.29, 1.82) is 0 Å². The van der Waals surface area contributed by atoms with E-state index in [1.165, 1.54) is 4.57 Å². The van der Waals surface area contributed by atoms with Gasteiger partial charge in [0.05, 0.1) is 0 Å².